The van der Waals surface area contributed by atoms with Crippen LogP contribution in [-0.4, -0.2) is 41.6 Å². The van der Waals surface area contributed by atoms with E-state index >= 15 is 0 Å². The first-order valence-electron chi connectivity index (χ1n) is 10.8. The van der Waals surface area contributed by atoms with Crippen LogP contribution in [0.5, 0.6) is 11.5 Å². The third kappa shape index (κ3) is 4.33. The van der Waals surface area contributed by atoms with Crippen LogP contribution in [0.2, 0.25) is 5.02 Å². The minimum Gasteiger partial charge on any atom is -0.507 e. The molecular weight excluding hydrogens is 473 g/mol. The molecule has 1 heterocycles. The van der Waals surface area contributed by atoms with Crippen molar-refractivity contribution in [2.45, 2.75) is 19.3 Å². The molecule has 4 aromatic rings. The Bertz CT molecular complexity index is 1430. The zero-order valence-electron chi connectivity index (χ0n) is 19.7. The number of halogens is 2. The summed E-state index contributed by atoms with van der Waals surface area (Å²) in [5.74, 6) is -1.19. The quantitative estimate of drug-likeness (QED) is 0.307. The van der Waals surface area contributed by atoms with Gasteiger partial charge in [0, 0.05) is 40.1 Å². The average molecular weight is 498 g/mol. The second kappa shape index (κ2) is 9.24. The van der Waals surface area contributed by atoms with Crippen LogP contribution in [0.15, 0.2) is 54.6 Å². The Labute approximate surface area is 207 Å². The molecule has 0 fully saturated rings. The number of fused-ring (bicyclic) bond motifs is 1. The number of rotatable bonds is 7. The van der Waals surface area contributed by atoms with Gasteiger partial charge in [0.1, 0.15) is 17.3 Å². The van der Waals surface area contributed by atoms with Crippen LogP contribution >= 0.6 is 11.6 Å². The van der Waals surface area contributed by atoms with Gasteiger partial charge in [-0.2, -0.15) is 0 Å². The number of benzene rings is 3. The van der Waals surface area contributed by atoms with Gasteiger partial charge in [-0.15, -0.1) is 0 Å². The molecular formula is C27H25ClFNO5. The predicted octanol–water partition coefficient (Wildman–Crippen LogP) is 6.43. The Morgan fingerprint density at radius 1 is 1.09 bits per heavy atom. The molecule has 0 aliphatic rings. The van der Waals surface area contributed by atoms with Crippen LogP contribution in [-0.2, 0) is 10.2 Å². The maximum Gasteiger partial charge on any atom is 0.335 e. The monoisotopic (exact) mass is 497 g/mol. The molecule has 0 aliphatic heterocycles. The Kier molecular flexibility index (Phi) is 6.49. The maximum absolute atomic E-state index is 13.8. The first-order valence-corrected chi connectivity index (χ1v) is 11.2. The number of hydrogen-bond donors (Lipinski definition) is 2. The zero-order chi connectivity index (χ0) is 25.5. The van der Waals surface area contributed by atoms with Gasteiger partial charge in [-0.3, -0.25) is 0 Å². The molecule has 8 heteroatoms. The minimum absolute atomic E-state index is 0.0535. The summed E-state index contributed by atoms with van der Waals surface area (Å²) in [5, 5.41) is 21.4. The van der Waals surface area contributed by atoms with E-state index in [-0.39, 0.29) is 17.1 Å². The van der Waals surface area contributed by atoms with Crippen molar-refractivity contribution in [3.8, 4) is 28.3 Å². The Balaban J connectivity index is 2.23. The molecule has 3 aromatic carbocycles. The van der Waals surface area contributed by atoms with Crippen LogP contribution in [0.3, 0.4) is 0 Å². The fourth-order valence-electron chi connectivity index (χ4n) is 4.58. The standard InChI is InChI=1S/C27H25ClFNO5/c1-27(2,14-34-3)25-23(19-10-5-15(26(32)33)11-22(19)35-4)24-20(12-16(28)13-21(24)31)30(25)18-8-6-17(29)7-9-18/h5-13,31H,14H2,1-4H3,(H,32,33). The van der Waals surface area contributed by atoms with Crippen LogP contribution in [0.4, 0.5) is 4.39 Å². The fraction of sp³-hybridized carbons (Fsp3) is 0.222. The van der Waals surface area contributed by atoms with Crippen molar-refractivity contribution in [2.24, 2.45) is 0 Å². The van der Waals surface area contributed by atoms with E-state index in [1.807, 2.05) is 18.4 Å². The average Bonchev–Trinajstić information content (AvgIpc) is 3.15. The summed E-state index contributed by atoms with van der Waals surface area (Å²) in [7, 11) is 3.06. The number of carbonyl (C=O) groups is 1. The van der Waals surface area contributed by atoms with Crippen molar-refractivity contribution in [2.75, 3.05) is 20.8 Å². The summed E-state index contributed by atoms with van der Waals surface area (Å²) in [4.78, 5) is 11.6. The predicted molar refractivity (Wildman–Crippen MR) is 134 cm³/mol. The Morgan fingerprint density at radius 2 is 1.77 bits per heavy atom. The van der Waals surface area contributed by atoms with Gasteiger partial charge in [0.15, 0.2) is 0 Å². The number of aromatic carboxylic acids is 1. The second-order valence-corrected chi connectivity index (χ2v) is 9.33. The molecule has 0 unspecified atom stereocenters. The van der Waals surface area contributed by atoms with Crippen molar-refractivity contribution in [1.82, 2.24) is 4.57 Å². The molecule has 182 valence electrons. The highest BCUT2D eigenvalue weighted by atomic mass is 35.5. The smallest absolute Gasteiger partial charge is 0.335 e. The molecule has 0 radical (unpaired) electrons. The highest BCUT2D eigenvalue weighted by Gasteiger charge is 2.34. The number of methoxy groups -OCH3 is 2. The van der Waals surface area contributed by atoms with E-state index in [4.69, 9.17) is 21.1 Å². The molecule has 0 bridgehead atoms. The van der Waals surface area contributed by atoms with Crippen LogP contribution in [0.25, 0.3) is 27.7 Å². The number of carboxylic acids is 1. The molecule has 35 heavy (non-hydrogen) atoms. The van der Waals surface area contributed by atoms with Crippen molar-refractivity contribution >= 4 is 28.5 Å². The van der Waals surface area contributed by atoms with Gasteiger partial charge in [0.25, 0.3) is 0 Å². The van der Waals surface area contributed by atoms with E-state index in [2.05, 4.69) is 0 Å². The van der Waals surface area contributed by atoms with Crippen LogP contribution in [0.1, 0.15) is 29.9 Å². The molecule has 2 N–H and O–H groups in total. The summed E-state index contributed by atoms with van der Waals surface area (Å²) in [6.07, 6.45) is 0. The lowest BCUT2D eigenvalue weighted by Crippen LogP contribution is -2.27. The summed E-state index contributed by atoms with van der Waals surface area (Å²) >= 11 is 6.36. The molecule has 0 saturated carbocycles. The maximum atomic E-state index is 13.8. The number of phenols is 1. The van der Waals surface area contributed by atoms with Crippen molar-refractivity contribution < 1.29 is 28.9 Å². The van der Waals surface area contributed by atoms with Gasteiger partial charge in [0.2, 0.25) is 0 Å². The van der Waals surface area contributed by atoms with E-state index in [0.29, 0.717) is 45.1 Å². The summed E-state index contributed by atoms with van der Waals surface area (Å²) in [5.41, 5.74) is 2.67. The van der Waals surface area contributed by atoms with E-state index in [0.717, 1.165) is 5.69 Å². The lowest BCUT2D eigenvalue weighted by Gasteiger charge is -2.28. The molecule has 1 aromatic heterocycles. The van der Waals surface area contributed by atoms with Gasteiger partial charge in [-0.1, -0.05) is 25.4 Å². The first-order chi connectivity index (χ1) is 16.6. The van der Waals surface area contributed by atoms with Gasteiger partial charge in [-0.05, 0) is 54.6 Å². The zero-order valence-corrected chi connectivity index (χ0v) is 20.5. The summed E-state index contributed by atoms with van der Waals surface area (Å²) in [6, 6.07) is 13.8. The van der Waals surface area contributed by atoms with Crippen molar-refractivity contribution in [3.05, 3.63) is 76.7 Å². The van der Waals surface area contributed by atoms with Gasteiger partial charge in [-0.25, -0.2) is 9.18 Å². The fourth-order valence-corrected chi connectivity index (χ4v) is 4.79. The molecule has 0 amide bonds. The Morgan fingerprint density at radius 3 is 2.37 bits per heavy atom. The number of phenolic OH excluding ortho intramolecular Hbond substituents is 1. The Hall–Kier alpha value is -3.55. The molecule has 6 nitrogen and oxygen atoms in total. The van der Waals surface area contributed by atoms with Gasteiger partial charge < -0.3 is 24.3 Å². The third-order valence-corrected chi connectivity index (χ3v) is 6.18. The largest absolute Gasteiger partial charge is 0.507 e. The SMILES string of the molecule is COCC(C)(C)c1c(-c2ccc(C(=O)O)cc2OC)c2c(O)cc(Cl)cc2n1-c1ccc(F)cc1. The number of nitrogens with zero attached hydrogens (tertiary/aromatic N) is 1. The van der Waals surface area contributed by atoms with Crippen molar-refractivity contribution in [1.29, 1.82) is 0 Å². The first kappa shape index (κ1) is 24.6. The van der Waals surface area contributed by atoms with Gasteiger partial charge in [0.05, 0.1) is 30.2 Å². The van der Waals surface area contributed by atoms with E-state index in [9.17, 15) is 19.4 Å². The normalized spacial score (nSPS) is 11.7. The second-order valence-electron chi connectivity index (χ2n) is 8.89. The number of hydrogen-bond acceptors (Lipinski definition) is 4. The van der Waals surface area contributed by atoms with E-state index in [1.54, 1.807) is 31.4 Å². The van der Waals surface area contributed by atoms with Crippen LogP contribution < -0.4 is 4.74 Å². The number of carboxylic acid groups (broad SMARTS) is 1. The van der Waals surface area contributed by atoms with Crippen molar-refractivity contribution in [3.63, 3.8) is 0 Å². The highest BCUT2D eigenvalue weighted by molar-refractivity contribution is 6.31. The molecule has 4 rings (SSSR count). The molecule has 0 atom stereocenters. The topological polar surface area (TPSA) is 80.9 Å². The van der Waals surface area contributed by atoms with E-state index in [1.165, 1.54) is 37.4 Å². The van der Waals surface area contributed by atoms with Crippen LogP contribution in [0, 0.1) is 5.82 Å². The third-order valence-electron chi connectivity index (χ3n) is 5.96. The molecule has 0 spiro atoms. The number of aromatic hydroxyl groups is 1. The minimum atomic E-state index is -1.09. The number of aromatic nitrogens is 1. The highest BCUT2D eigenvalue weighted by Crippen LogP contribution is 2.49. The molecule has 0 aliphatic carbocycles. The summed E-state index contributed by atoms with van der Waals surface area (Å²) in [6.45, 7) is 4.30. The number of ether oxygens (including phenoxy) is 2. The summed E-state index contributed by atoms with van der Waals surface area (Å²) < 4.78 is 26.9. The lowest BCUT2D eigenvalue weighted by molar-refractivity contribution is 0.0696. The molecule has 0 saturated heterocycles. The van der Waals surface area contributed by atoms with Gasteiger partial charge >= 0.3 is 5.97 Å². The van der Waals surface area contributed by atoms with E-state index < -0.39 is 11.4 Å². The lowest BCUT2D eigenvalue weighted by atomic mass is 9.84.